The van der Waals surface area contributed by atoms with Crippen LogP contribution in [0.4, 0.5) is 18.3 Å². The maximum atomic E-state index is 13.2. The van der Waals surface area contributed by atoms with Gasteiger partial charge in [-0.05, 0) is 31.5 Å². The van der Waals surface area contributed by atoms with E-state index in [2.05, 4.69) is 4.98 Å². The van der Waals surface area contributed by atoms with Crippen molar-refractivity contribution < 1.29 is 31.1 Å². The topological polar surface area (TPSA) is 79.8 Å². The van der Waals surface area contributed by atoms with Gasteiger partial charge in [-0.25, -0.2) is 13.4 Å². The number of thiazole rings is 1. The number of anilines is 1. The molecular weight excluding hydrogens is 467 g/mol. The highest BCUT2D eigenvalue weighted by Gasteiger charge is 2.34. The van der Waals surface area contributed by atoms with Crippen molar-refractivity contribution in [1.29, 1.82) is 0 Å². The molecule has 176 valence electrons. The number of hydrogen-bond donors (Lipinski definition) is 0. The largest absolute Gasteiger partial charge is 0.490 e. The van der Waals surface area contributed by atoms with E-state index >= 15 is 0 Å². The molecule has 0 spiro atoms. The maximum Gasteiger partial charge on any atom is 0.427 e. The summed E-state index contributed by atoms with van der Waals surface area (Å²) in [5, 5.41) is 0.254. The first kappa shape index (κ1) is 24.3. The minimum absolute atomic E-state index is 0.0125. The number of benzene rings is 1. The second-order valence-corrected chi connectivity index (χ2v) is 10.6. The Bertz CT molecular complexity index is 1080. The van der Waals surface area contributed by atoms with Gasteiger partial charge >= 0.3 is 6.18 Å². The third-order valence-corrected chi connectivity index (χ3v) is 7.34. The van der Waals surface area contributed by atoms with E-state index in [-0.39, 0.29) is 40.7 Å². The maximum absolute atomic E-state index is 13.2. The molecule has 0 unspecified atom stereocenters. The van der Waals surface area contributed by atoms with Gasteiger partial charge in [-0.15, -0.1) is 0 Å². The molecule has 0 saturated carbocycles. The highest BCUT2D eigenvalue weighted by atomic mass is 32.2. The minimum atomic E-state index is -4.44. The van der Waals surface area contributed by atoms with Gasteiger partial charge in [-0.3, -0.25) is 4.79 Å². The summed E-state index contributed by atoms with van der Waals surface area (Å²) in [4.78, 5) is 19.6. The van der Waals surface area contributed by atoms with Crippen molar-refractivity contribution in [3.8, 4) is 5.75 Å². The first-order chi connectivity index (χ1) is 14.9. The first-order valence-electron chi connectivity index (χ1n) is 9.98. The average Bonchev–Trinajstić information content (AvgIpc) is 3.23. The molecule has 1 fully saturated rings. The van der Waals surface area contributed by atoms with Crippen LogP contribution in [0.3, 0.4) is 0 Å². The van der Waals surface area contributed by atoms with Crippen LogP contribution < -0.4 is 9.64 Å². The highest BCUT2D eigenvalue weighted by molar-refractivity contribution is 7.90. The van der Waals surface area contributed by atoms with Crippen molar-refractivity contribution in [2.45, 2.75) is 37.4 Å². The lowest BCUT2D eigenvalue weighted by molar-refractivity contribution is -0.134. The molecule has 1 saturated heterocycles. The van der Waals surface area contributed by atoms with E-state index in [1.807, 2.05) is 13.8 Å². The Balaban J connectivity index is 1.78. The standard InChI is InChI=1S/C20H24F3N3O4S2/c1-4-13(2)30-16-6-5-14(32(3,28)29)11-15(16)18(27)25-7-9-26(10-8-25)19-24-12-17(31-19)20(21,22)23/h5-6,11-13H,4,7-10H2,1-3H3/t13-/m1/s1. The number of carbonyl (C=O) groups is 1. The second kappa shape index (κ2) is 9.26. The normalized spacial score (nSPS) is 16.2. The number of sulfone groups is 1. The fraction of sp³-hybridized carbons (Fsp3) is 0.500. The average molecular weight is 492 g/mol. The fourth-order valence-electron chi connectivity index (χ4n) is 3.12. The molecule has 1 aromatic heterocycles. The molecule has 1 aromatic carbocycles. The smallest absolute Gasteiger partial charge is 0.427 e. The molecule has 7 nitrogen and oxygen atoms in total. The lowest BCUT2D eigenvalue weighted by atomic mass is 10.1. The van der Waals surface area contributed by atoms with Crippen LogP contribution in [0, 0.1) is 0 Å². The summed E-state index contributed by atoms with van der Waals surface area (Å²) in [7, 11) is -3.53. The second-order valence-electron chi connectivity index (χ2n) is 7.55. The Hall–Kier alpha value is -2.34. The molecule has 0 aliphatic carbocycles. The Morgan fingerprint density at radius 1 is 1.25 bits per heavy atom. The molecule has 1 aliphatic rings. The van der Waals surface area contributed by atoms with Crippen LogP contribution in [0.2, 0.25) is 0 Å². The first-order valence-corrected chi connectivity index (χ1v) is 12.7. The molecular formula is C20H24F3N3O4S2. The summed E-state index contributed by atoms with van der Waals surface area (Å²) in [5.41, 5.74) is 0.148. The lowest BCUT2D eigenvalue weighted by Crippen LogP contribution is -2.48. The predicted molar refractivity (Wildman–Crippen MR) is 115 cm³/mol. The summed E-state index contributed by atoms with van der Waals surface area (Å²) >= 11 is 0.568. The van der Waals surface area contributed by atoms with Crippen molar-refractivity contribution in [3.63, 3.8) is 0 Å². The van der Waals surface area contributed by atoms with E-state index in [4.69, 9.17) is 4.74 Å². The monoisotopic (exact) mass is 491 g/mol. The number of amides is 1. The number of hydrogen-bond acceptors (Lipinski definition) is 7. The van der Waals surface area contributed by atoms with Crippen molar-refractivity contribution >= 4 is 32.2 Å². The van der Waals surface area contributed by atoms with Crippen LogP contribution in [0.5, 0.6) is 5.75 Å². The Labute approximate surface area is 188 Å². The summed E-state index contributed by atoms with van der Waals surface area (Å²) in [6.45, 7) is 4.91. The molecule has 32 heavy (non-hydrogen) atoms. The van der Waals surface area contributed by atoms with Gasteiger partial charge in [0.05, 0.1) is 22.8 Å². The van der Waals surface area contributed by atoms with Crippen LogP contribution in [-0.4, -0.2) is 62.7 Å². The molecule has 0 N–H and O–H groups in total. The van der Waals surface area contributed by atoms with Crippen LogP contribution in [0.1, 0.15) is 35.5 Å². The lowest BCUT2D eigenvalue weighted by Gasteiger charge is -2.35. The zero-order valence-corrected chi connectivity index (χ0v) is 19.5. The number of aromatic nitrogens is 1. The van der Waals surface area contributed by atoms with Gasteiger partial charge in [-0.1, -0.05) is 18.3 Å². The van der Waals surface area contributed by atoms with Gasteiger partial charge in [0.15, 0.2) is 15.0 Å². The van der Waals surface area contributed by atoms with Crippen LogP contribution >= 0.6 is 11.3 Å². The van der Waals surface area contributed by atoms with E-state index in [1.54, 1.807) is 9.80 Å². The highest BCUT2D eigenvalue weighted by Crippen LogP contribution is 2.36. The van der Waals surface area contributed by atoms with Crippen molar-refractivity contribution in [1.82, 2.24) is 9.88 Å². The van der Waals surface area contributed by atoms with Crippen LogP contribution in [0.25, 0.3) is 0 Å². The quantitative estimate of drug-likeness (QED) is 0.613. The summed E-state index contributed by atoms with van der Waals surface area (Å²) in [5.74, 6) is -0.0857. The molecule has 1 atom stereocenters. The SMILES string of the molecule is CC[C@@H](C)Oc1ccc(S(C)(=O)=O)cc1C(=O)N1CCN(c2ncc(C(F)(F)F)s2)CC1. The van der Waals surface area contributed by atoms with Gasteiger partial charge in [0, 0.05) is 32.4 Å². The number of halogens is 3. The molecule has 3 rings (SSSR count). The van der Waals surface area contributed by atoms with E-state index in [0.29, 0.717) is 36.6 Å². The zero-order valence-electron chi connectivity index (χ0n) is 17.8. The Morgan fingerprint density at radius 2 is 1.91 bits per heavy atom. The van der Waals surface area contributed by atoms with E-state index in [9.17, 15) is 26.4 Å². The third kappa shape index (κ3) is 5.52. The van der Waals surface area contributed by atoms with Crippen molar-refractivity contribution in [3.05, 3.63) is 34.8 Å². The number of carbonyl (C=O) groups excluding carboxylic acids is 1. The molecule has 0 bridgehead atoms. The molecule has 2 heterocycles. The van der Waals surface area contributed by atoms with E-state index in [1.165, 1.54) is 18.2 Å². The summed E-state index contributed by atoms with van der Waals surface area (Å²) in [6.07, 6.45) is -2.03. The van der Waals surface area contributed by atoms with Crippen molar-refractivity contribution in [2.75, 3.05) is 37.3 Å². The van der Waals surface area contributed by atoms with Crippen LogP contribution in [0.15, 0.2) is 29.3 Å². The Kier molecular flexibility index (Phi) is 7.03. The van der Waals surface area contributed by atoms with E-state index in [0.717, 1.165) is 12.5 Å². The van der Waals surface area contributed by atoms with E-state index < -0.39 is 20.9 Å². The molecule has 1 amide bonds. The summed E-state index contributed by atoms with van der Waals surface area (Å²) < 4.78 is 68.3. The molecule has 12 heteroatoms. The minimum Gasteiger partial charge on any atom is -0.490 e. The zero-order chi connectivity index (χ0) is 23.7. The fourth-order valence-corrected chi connectivity index (χ4v) is 4.61. The molecule has 1 aliphatic heterocycles. The predicted octanol–water partition coefficient (Wildman–Crippen LogP) is 3.71. The summed E-state index contributed by atoms with van der Waals surface area (Å²) in [6, 6.07) is 4.21. The van der Waals surface area contributed by atoms with Crippen LogP contribution in [-0.2, 0) is 16.0 Å². The molecule has 2 aromatic rings. The third-order valence-electron chi connectivity index (χ3n) is 5.12. The number of rotatable bonds is 6. The van der Waals surface area contributed by atoms with Gasteiger partial charge in [-0.2, -0.15) is 13.2 Å². The number of alkyl halides is 3. The van der Waals surface area contributed by atoms with Gasteiger partial charge < -0.3 is 14.5 Å². The number of nitrogens with zero attached hydrogens (tertiary/aromatic N) is 3. The number of ether oxygens (including phenoxy) is 1. The Morgan fingerprint density at radius 3 is 2.44 bits per heavy atom. The van der Waals surface area contributed by atoms with Crippen molar-refractivity contribution in [2.24, 2.45) is 0 Å². The molecule has 0 radical (unpaired) electrons. The van der Waals surface area contributed by atoms with Gasteiger partial charge in [0.1, 0.15) is 10.6 Å². The van der Waals surface area contributed by atoms with Gasteiger partial charge in [0.2, 0.25) is 0 Å². The number of piperazine rings is 1. The van der Waals surface area contributed by atoms with Gasteiger partial charge in [0.25, 0.3) is 5.91 Å².